The number of rotatable bonds is 8. The van der Waals surface area contributed by atoms with Crippen LogP contribution in [0.15, 0.2) is 133 Å². The normalized spacial score (nSPS) is 12.7. The van der Waals surface area contributed by atoms with Crippen LogP contribution in [0.1, 0.15) is 132 Å². The van der Waals surface area contributed by atoms with E-state index in [2.05, 4.69) is 252 Å². The summed E-state index contributed by atoms with van der Waals surface area (Å²) in [4.78, 5) is 4.69. The van der Waals surface area contributed by atoms with Crippen molar-refractivity contribution in [2.24, 2.45) is 0 Å². The molecule has 60 heavy (non-hydrogen) atoms. The molecular formula is C56H68ClN3. The molecule has 0 saturated carbocycles. The first kappa shape index (κ1) is 44.6. The average Bonchev–Trinajstić information content (AvgIpc) is 3.16. The van der Waals surface area contributed by atoms with Gasteiger partial charge in [-0.3, -0.25) is 0 Å². The molecule has 0 aliphatic rings. The zero-order chi connectivity index (χ0) is 44.0. The Labute approximate surface area is 367 Å². The second-order valence-corrected chi connectivity index (χ2v) is 22.0. The van der Waals surface area contributed by atoms with Gasteiger partial charge in [0.2, 0.25) is 0 Å². The molecule has 0 atom stereocenters. The summed E-state index contributed by atoms with van der Waals surface area (Å²) < 4.78 is 0. The van der Waals surface area contributed by atoms with Gasteiger partial charge in [-0.05, 0) is 134 Å². The molecule has 0 spiro atoms. The quantitative estimate of drug-likeness (QED) is 0.165. The SMILES string of the molecule is CC(C)(C)c1ccc(Nc2cc(C(C)(C)C)cc(N(c3ccc(C(C)(C)C)cc3)c3cccc(N(c4ccc(C(C)(C)C)cc4)c4ccc(C(C)(C)C)cc4)c3)c2Cl)cc1. The van der Waals surface area contributed by atoms with Gasteiger partial charge in [0.1, 0.15) is 0 Å². The highest BCUT2D eigenvalue weighted by molar-refractivity contribution is 6.36. The highest BCUT2D eigenvalue weighted by atomic mass is 35.5. The molecule has 0 aromatic heterocycles. The van der Waals surface area contributed by atoms with Gasteiger partial charge in [0.15, 0.2) is 0 Å². The second kappa shape index (κ2) is 16.5. The summed E-state index contributed by atoms with van der Waals surface area (Å²) in [6.45, 7) is 33.9. The van der Waals surface area contributed by atoms with E-state index in [0.717, 1.165) is 45.5 Å². The van der Waals surface area contributed by atoms with Crippen LogP contribution in [0.25, 0.3) is 0 Å². The van der Waals surface area contributed by atoms with E-state index in [1.165, 1.54) is 27.8 Å². The molecule has 0 amide bonds. The zero-order valence-electron chi connectivity index (χ0n) is 39.0. The number of halogens is 1. The minimum atomic E-state index is -0.148. The van der Waals surface area contributed by atoms with E-state index in [-0.39, 0.29) is 27.1 Å². The van der Waals surface area contributed by atoms with Gasteiger partial charge in [0.05, 0.1) is 16.4 Å². The highest BCUT2D eigenvalue weighted by Crippen LogP contribution is 2.47. The van der Waals surface area contributed by atoms with Crippen LogP contribution >= 0.6 is 11.6 Å². The predicted octanol–water partition coefficient (Wildman–Crippen LogP) is 17.5. The topological polar surface area (TPSA) is 18.5 Å². The lowest BCUT2D eigenvalue weighted by Gasteiger charge is -2.32. The van der Waals surface area contributed by atoms with Crippen LogP contribution in [-0.2, 0) is 27.1 Å². The number of benzene rings is 6. The third-order valence-electron chi connectivity index (χ3n) is 11.5. The van der Waals surface area contributed by atoms with Crippen molar-refractivity contribution >= 4 is 57.1 Å². The molecule has 0 heterocycles. The summed E-state index contributed by atoms with van der Waals surface area (Å²) in [5, 5.41) is 4.38. The van der Waals surface area contributed by atoms with Crippen molar-refractivity contribution < 1.29 is 0 Å². The molecule has 0 unspecified atom stereocenters. The van der Waals surface area contributed by atoms with Crippen molar-refractivity contribution in [1.29, 1.82) is 0 Å². The van der Waals surface area contributed by atoms with Crippen LogP contribution in [0.2, 0.25) is 5.02 Å². The summed E-state index contributed by atoms with van der Waals surface area (Å²) in [6.07, 6.45) is 0. The first-order chi connectivity index (χ1) is 27.8. The first-order valence-corrected chi connectivity index (χ1v) is 21.9. The Morgan fingerprint density at radius 1 is 0.350 bits per heavy atom. The van der Waals surface area contributed by atoms with E-state index < -0.39 is 0 Å². The Balaban J connectivity index is 1.56. The van der Waals surface area contributed by atoms with Crippen molar-refractivity contribution in [1.82, 2.24) is 0 Å². The number of hydrogen-bond donors (Lipinski definition) is 1. The van der Waals surface area contributed by atoms with E-state index in [1.807, 2.05) is 0 Å². The Morgan fingerprint density at radius 2 is 0.683 bits per heavy atom. The van der Waals surface area contributed by atoms with Crippen LogP contribution in [0, 0.1) is 0 Å². The van der Waals surface area contributed by atoms with Gasteiger partial charge >= 0.3 is 0 Å². The smallest absolute Gasteiger partial charge is 0.0881 e. The van der Waals surface area contributed by atoms with Crippen LogP contribution in [-0.4, -0.2) is 0 Å². The lowest BCUT2D eigenvalue weighted by atomic mass is 9.86. The fourth-order valence-electron chi connectivity index (χ4n) is 7.48. The standard InChI is InChI=1S/C56H68ClN3/c1-52(2,3)38-19-27-43(28-20-38)58-49-35-42(56(13,14)15)36-50(51(49)57)60(46-33-25-41(26-34-46)55(10,11)12)48-18-16-17-47(37-48)59(44-29-21-39(22-30-44)53(4,5)6)45-31-23-40(24-32-45)54(7,8)9/h16-37,58H,1-15H3. The minimum Gasteiger partial charge on any atom is -0.354 e. The first-order valence-electron chi connectivity index (χ1n) is 21.5. The summed E-state index contributed by atoms with van der Waals surface area (Å²) in [5.74, 6) is 0. The van der Waals surface area contributed by atoms with Crippen LogP contribution < -0.4 is 15.1 Å². The maximum Gasteiger partial charge on any atom is 0.0881 e. The molecule has 0 saturated heterocycles. The Morgan fingerprint density at radius 3 is 1.05 bits per heavy atom. The largest absolute Gasteiger partial charge is 0.354 e. The van der Waals surface area contributed by atoms with Crippen LogP contribution in [0.3, 0.4) is 0 Å². The van der Waals surface area contributed by atoms with E-state index >= 15 is 0 Å². The molecule has 0 fully saturated rings. The van der Waals surface area contributed by atoms with Gasteiger partial charge < -0.3 is 15.1 Å². The lowest BCUT2D eigenvalue weighted by molar-refractivity contribution is 0.590. The van der Waals surface area contributed by atoms with E-state index in [1.54, 1.807) is 0 Å². The van der Waals surface area contributed by atoms with Crippen LogP contribution in [0.4, 0.5) is 45.5 Å². The molecular weight excluding hydrogens is 750 g/mol. The van der Waals surface area contributed by atoms with E-state index in [0.29, 0.717) is 5.02 Å². The van der Waals surface area contributed by atoms with Crippen molar-refractivity contribution in [2.75, 3.05) is 15.1 Å². The number of anilines is 8. The molecule has 0 aliphatic heterocycles. The van der Waals surface area contributed by atoms with E-state index in [4.69, 9.17) is 11.6 Å². The van der Waals surface area contributed by atoms with E-state index in [9.17, 15) is 0 Å². The van der Waals surface area contributed by atoms with Crippen molar-refractivity contribution in [3.63, 3.8) is 0 Å². The Bertz CT molecular complexity index is 2330. The molecule has 1 N–H and O–H groups in total. The fourth-order valence-corrected chi connectivity index (χ4v) is 7.72. The summed E-state index contributed by atoms with van der Waals surface area (Å²) in [6, 6.07) is 49.1. The van der Waals surface area contributed by atoms with Crippen molar-refractivity contribution in [3.8, 4) is 0 Å². The third kappa shape index (κ3) is 10.1. The summed E-state index contributed by atoms with van der Waals surface area (Å²) >= 11 is 7.67. The lowest BCUT2D eigenvalue weighted by Crippen LogP contribution is -2.17. The molecule has 6 rings (SSSR count). The molecule has 0 aliphatic carbocycles. The summed E-state index contributed by atoms with van der Waals surface area (Å²) in [7, 11) is 0. The minimum absolute atomic E-state index is 0.0122. The van der Waals surface area contributed by atoms with Gasteiger partial charge in [-0.15, -0.1) is 0 Å². The van der Waals surface area contributed by atoms with Gasteiger partial charge in [0.25, 0.3) is 0 Å². The van der Waals surface area contributed by atoms with Gasteiger partial charge in [0, 0.05) is 34.1 Å². The maximum atomic E-state index is 7.67. The van der Waals surface area contributed by atoms with Crippen molar-refractivity contribution in [2.45, 2.75) is 131 Å². The second-order valence-electron chi connectivity index (χ2n) is 21.6. The molecule has 3 nitrogen and oxygen atoms in total. The third-order valence-corrected chi connectivity index (χ3v) is 11.9. The Kier molecular flexibility index (Phi) is 12.2. The van der Waals surface area contributed by atoms with Crippen LogP contribution in [0.5, 0.6) is 0 Å². The zero-order valence-corrected chi connectivity index (χ0v) is 39.7. The average molecular weight is 819 g/mol. The van der Waals surface area contributed by atoms with Gasteiger partial charge in [-0.25, -0.2) is 0 Å². The van der Waals surface area contributed by atoms with Crippen molar-refractivity contribution in [3.05, 3.63) is 166 Å². The number of nitrogens with zero attached hydrogens (tertiary/aromatic N) is 2. The fraction of sp³-hybridized carbons (Fsp3) is 0.357. The monoisotopic (exact) mass is 818 g/mol. The highest BCUT2D eigenvalue weighted by Gasteiger charge is 2.26. The number of hydrogen-bond acceptors (Lipinski definition) is 3. The molecule has 6 aromatic rings. The van der Waals surface area contributed by atoms with Gasteiger partial charge in [-0.2, -0.15) is 0 Å². The predicted molar refractivity (Wildman–Crippen MR) is 264 cm³/mol. The molecule has 314 valence electrons. The molecule has 0 bridgehead atoms. The maximum absolute atomic E-state index is 7.67. The molecule has 6 aromatic carbocycles. The van der Waals surface area contributed by atoms with Gasteiger partial charge in [-0.1, -0.05) is 170 Å². The number of nitrogens with one attached hydrogen (secondary N) is 1. The molecule has 4 heteroatoms. The summed E-state index contributed by atoms with van der Waals surface area (Å²) in [5.41, 5.74) is 14.4. The Hall–Kier alpha value is -4.99. The molecule has 0 radical (unpaired) electrons.